The van der Waals surface area contributed by atoms with E-state index < -0.39 is 0 Å². The maximum atomic E-state index is 14.1. The molecule has 0 amide bonds. The van der Waals surface area contributed by atoms with E-state index in [4.69, 9.17) is 37.7 Å². The van der Waals surface area contributed by atoms with Gasteiger partial charge in [0.05, 0.1) is 27.9 Å². The molecule has 0 saturated heterocycles. The van der Waals surface area contributed by atoms with E-state index in [-0.39, 0.29) is 18.2 Å². The third-order valence-corrected chi connectivity index (χ3v) is 10.1. The molecule has 9 heteroatoms. The minimum absolute atomic E-state index is 0.0687. The van der Waals surface area contributed by atoms with Crippen LogP contribution in [0.4, 0.5) is 0 Å². The van der Waals surface area contributed by atoms with Crippen molar-refractivity contribution in [3.05, 3.63) is 153 Å². The van der Waals surface area contributed by atoms with Gasteiger partial charge in [-0.05, 0) is 81.4 Å². The van der Waals surface area contributed by atoms with Gasteiger partial charge in [0.15, 0.2) is 16.3 Å². The largest absolute Gasteiger partial charge is 0.493 e. The molecule has 1 aromatic heterocycles. The van der Waals surface area contributed by atoms with Gasteiger partial charge in [0.2, 0.25) is 0 Å². The van der Waals surface area contributed by atoms with Gasteiger partial charge in [-0.15, -0.1) is 0 Å². The first-order valence-electron chi connectivity index (χ1n) is 14.0. The normalized spacial score (nSPS) is 15.7. The van der Waals surface area contributed by atoms with Crippen molar-refractivity contribution >= 4 is 62.2 Å². The van der Waals surface area contributed by atoms with Gasteiger partial charge in [0, 0.05) is 21.2 Å². The molecular weight excluding hydrogens is 679 g/mol. The third kappa shape index (κ3) is 5.32. The summed E-state index contributed by atoms with van der Waals surface area (Å²) in [5.74, 6) is 1.06. The topological polar surface area (TPSA) is 52.8 Å². The highest BCUT2D eigenvalue weighted by Crippen LogP contribution is 2.41. The van der Waals surface area contributed by atoms with Crippen LogP contribution < -0.4 is 24.4 Å². The van der Waals surface area contributed by atoms with Crippen molar-refractivity contribution in [3.63, 3.8) is 0 Å². The predicted molar refractivity (Wildman–Crippen MR) is 181 cm³/mol. The van der Waals surface area contributed by atoms with Crippen molar-refractivity contribution in [1.29, 1.82) is 0 Å². The van der Waals surface area contributed by atoms with Gasteiger partial charge >= 0.3 is 0 Å². The minimum Gasteiger partial charge on any atom is -0.493 e. The van der Waals surface area contributed by atoms with Crippen LogP contribution in [0.5, 0.6) is 11.5 Å². The summed E-state index contributed by atoms with van der Waals surface area (Å²) in [4.78, 5) is 19.9. The minimum atomic E-state index is -0.213. The number of hydrogen-bond acceptors (Lipinski definition) is 5. The zero-order valence-electron chi connectivity index (χ0n) is 23.5. The van der Waals surface area contributed by atoms with Crippen LogP contribution in [-0.4, -0.2) is 11.7 Å². The van der Waals surface area contributed by atoms with Crippen molar-refractivity contribution in [2.75, 3.05) is 7.11 Å². The number of methoxy groups -OCH3 is 1. The van der Waals surface area contributed by atoms with Crippen LogP contribution in [0, 0.1) is 0 Å². The molecule has 1 unspecified atom stereocenters. The highest BCUT2D eigenvalue weighted by atomic mass is 79.9. The fraction of sp³-hybridized carbons (Fsp3) is 0.143. The lowest BCUT2D eigenvalue weighted by Crippen LogP contribution is -2.38. The van der Waals surface area contributed by atoms with E-state index in [2.05, 4.69) is 52.3 Å². The number of fused-ring (bicyclic) bond motifs is 3. The second kappa shape index (κ2) is 12.1. The van der Waals surface area contributed by atoms with Crippen molar-refractivity contribution in [2.24, 2.45) is 4.99 Å². The number of aromatic nitrogens is 1. The lowest BCUT2D eigenvalue weighted by molar-refractivity contribution is 0.282. The Morgan fingerprint density at radius 1 is 1.02 bits per heavy atom. The number of rotatable bonds is 6. The Balaban J connectivity index is 1.31. The number of ether oxygens (including phenoxy) is 2. The highest BCUT2D eigenvalue weighted by molar-refractivity contribution is 9.10. The number of aryl methyl sites for hydroxylation is 1. The Kier molecular flexibility index (Phi) is 7.97. The summed E-state index contributed by atoms with van der Waals surface area (Å²) in [7, 11) is 1.59. The molecule has 4 aromatic carbocycles. The number of nitrogens with zero attached hydrogens (tertiary/aromatic N) is 2. The third-order valence-electron chi connectivity index (χ3n) is 7.92. The summed E-state index contributed by atoms with van der Waals surface area (Å²) in [6.45, 7) is 0.232. The molecule has 220 valence electrons. The quantitative estimate of drug-likeness (QED) is 0.180. The fourth-order valence-electron chi connectivity index (χ4n) is 5.86. The molecule has 0 fully saturated rings. The van der Waals surface area contributed by atoms with E-state index in [0.717, 1.165) is 40.8 Å². The predicted octanol–water partition coefficient (Wildman–Crippen LogP) is 7.98. The van der Waals surface area contributed by atoms with Gasteiger partial charge in [0.1, 0.15) is 6.61 Å². The fourth-order valence-corrected chi connectivity index (χ4v) is 7.90. The molecule has 1 atom stereocenters. The van der Waals surface area contributed by atoms with Crippen molar-refractivity contribution in [3.8, 4) is 11.5 Å². The molecule has 5 nitrogen and oxygen atoms in total. The van der Waals surface area contributed by atoms with Crippen LogP contribution in [-0.2, 0) is 13.0 Å². The molecule has 7 rings (SSSR count). The van der Waals surface area contributed by atoms with Gasteiger partial charge in [-0.25, -0.2) is 4.99 Å². The Labute approximate surface area is 276 Å². The molecule has 5 aromatic rings. The van der Waals surface area contributed by atoms with Gasteiger partial charge < -0.3 is 9.47 Å². The van der Waals surface area contributed by atoms with Gasteiger partial charge in [-0.3, -0.25) is 9.36 Å². The molecular formula is C35H25BrCl2N2O3S. The average molecular weight is 704 g/mol. The van der Waals surface area contributed by atoms with E-state index in [1.165, 1.54) is 22.5 Å². The van der Waals surface area contributed by atoms with Crippen LogP contribution >= 0.6 is 50.5 Å². The Morgan fingerprint density at radius 2 is 1.82 bits per heavy atom. The molecule has 2 aliphatic rings. The monoisotopic (exact) mass is 702 g/mol. The molecule has 0 N–H and O–H groups in total. The Morgan fingerprint density at radius 3 is 2.61 bits per heavy atom. The molecule has 0 saturated carbocycles. The standard InChI is InChI=1S/C35H25BrCl2N2O3S/c1-42-29-16-20(15-27(36)33(29)43-19-23-11-13-24(37)18-28(23)38)17-30-34(41)40-32(22-8-3-2-4-9-22)26-14-12-21-7-5-6-10-25(21)31(26)39-35(40)44-30/h2-11,13,15-18,32H,12,14,19H2,1H3. The van der Waals surface area contributed by atoms with E-state index in [0.29, 0.717) is 35.4 Å². The number of allylic oxidation sites excluding steroid dienone is 1. The summed E-state index contributed by atoms with van der Waals surface area (Å²) in [5.41, 5.74) is 7.21. The maximum Gasteiger partial charge on any atom is 0.271 e. The summed E-state index contributed by atoms with van der Waals surface area (Å²) < 4.78 is 14.9. The molecule has 0 radical (unpaired) electrons. The van der Waals surface area contributed by atoms with Gasteiger partial charge in [0.25, 0.3) is 5.56 Å². The van der Waals surface area contributed by atoms with Crippen LogP contribution in [0.3, 0.4) is 0 Å². The average Bonchev–Trinajstić information content (AvgIpc) is 3.34. The number of benzene rings is 4. The molecule has 1 aliphatic heterocycles. The lowest BCUT2D eigenvalue weighted by atomic mass is 9.83. The SMILES string of the molecule is COc1cc(C=c2sc3n(c2=O)C(c2ccccc2)C2=C(N=3)c3ccccc3CC2)cc(Br)c1OCc1ccc(Cl)cc1Cl. The maximum absolute atomic E-state index is 14.1. The zero-order valence-corrected chi connectivity index (χ0v) is 27.4. The number of halogens is 3. The number of hydrogen-bond donors (Lipinski definition) is 0. The van der Waals surface area contributed by atoms with Crippen LogP contribution in [0.2, 0.25) is 10.0 Å². The van der Waals surface area contributed by atoms with Gasteiger partial charge in [-0.1, -0.05) is 95.2 Å². The van der Waals surface area contributed by atoms with E-state index in [1.54, 1.807) is 19.2 Å². The van der Waals surface area contributed by atoms with Gasteiger partial charge in [-0.2, -0.15) is 0 Å². The van der Waals surface area contributed by atoms with Crippen LogP contribution in [0.1, 0.15) is 40.3 Å². The van der Waals surface area contributed by atoms with Crippen molar-refractivity contribution < 1.29 is 9.47 Å². The molecule has 44 heavy (non-hydrogen) atoms. The van der Waals surface area contributed by atoms with E-state index in [9.17, 15) is 4.79 Å². The van der Waals surface area contributed by atoms with E-state index >= 15 is 0 Å². The lowest BCUT2D eigenvalue weighted by Gasteiger charge is -2.30. The van der Waals surface area contributed by atoms with E-state index in [1.807, 2.05) is 47.0 Å². The molecule has 0 bridgehead atoms. The summed E-state index contributed by atoms with van der Waals surface area (Å²) in [5, 5.41) is 1.09. The Hall–Kier alpha value is -3.62. The second-order valence-electron chi connectivity index (χ2n) is 10.6. The first-order valence-corrected chi connectivity index (χ1v) is 16.4. The van der Waals surface area contributed by atoms with Crippen LogP contribution in [0.15, 0.2) is 105 Å². The summed E-state index contributed by atoms with van der Waals surface area (Å²) in [6.07, 6.45) is 3.66. The number of thiazole rings is 1. The summed E-state index contributed by atoms with van der Waals surface area (Å²) >= 11 is 17.4. The second-order valence-corrected chi connectivity index (χ2v) is 13.3. The van der Waals surface area contributed by atoms with Crippen molar-refractivity contribution in [1.82, 2.24) is 4.57 Å². The summed E-state index contributed by atoms with van der Waals surface area (Å²) in [6, 6.07) is 27.5. The molecule has 2 heterocycles. The van der Waals surface area contributed by atoms with Crippen LogP contribution in [0.25, 0.3) is 11.8 Å². The zero-order chi connectivity index (χ0) is 30.4. The smallest absolute Gasteiger partial charge is 0.271 e. The molecule has 1 aliphatic carbocycles. The Bertz CT molecular complexity index is 2140. The highest BCUT2D eigenvalue weighted by Gasteiger charge is 2.32. The molecule has 0 spiro atoms. The first kappa shape index (κ1) is 29.1. The first-order chi connectivity index (χ1) is 21.4. The van der Waals surface area contributed by atoms with Crippen molar-refractivity contribution in [2.45, 2.75) is 25.5 Å².